The minimum atomic E-state index is -0.540. The first-order valence-corrected chi connectivity index (χ1v) is 17.3. The van der Waals surface area contributed by atoms with Gasteiger partial charge < -0.3 is 38.8 Å². The van der Waals surface area contributed by atoms with Crippen LogP contribution in [0.1, 0.15) is 28.7 Å². The van der Waals surface area contributed by atoms with Gasteiger partial charge in [0.1, 0.15) is 17.3 Å². The number of nitrogens with zero attached hydrogens (tertiary/aromatic N) is 5. The summed E-state index contributed by atoms with van der Waals surface area (Å²) in [6.45, 7) is 12.0. The van der Waals surface area contributed by atoms with Gasteiger partial charge in [0, 0.05) is 63.3 Å². The molecule has 1 aromatic heterocycles. The summed E-state index contributed by atoms with van der Waals surface area (Å²) >= 11 is 0. The van der Waals surface area contributed by atoms with E-state index in [1.165, 1.54) is 4.90 Å². The van der Waals surface area contributed by atoms with E-state index >= 15 is 0 Å². The third-order valence-corrected chi connectivity index (χ3v) is 8.89. The van der Waals surface area contributed by atoms with Crippen LogP contribution in [-0.4, -0.2) is 100 Å². The summed E-state index contributed by atoms with van der Waals surface area (Å²) in [5.74, 6) is 3.52. The predicted molar refractivity (Wildman–Crippen MR) is 200 cm³/mol. The molecule has 12 heteroatoms. The second-order valence-corrected chi connectivity index (χ2v) is 12.8. The number of ether oxygens (including phenoxy) is 5. The number of rotatable bonds is 15. The highest BCUT2D eigenvalue weighted by atomic mass is 16.6. The normalized spacial score (nSPS) is 13.4. The highest BCUT2D eigenvalue weighted by Crippen LogP contribution is 2.41. The Kier molecular flexibility index (Phi) is 12.9. The van der Waals surface area contributed by atoms with Crippen LogP contribution in [0, 0.1) is 20.8 Å². The van der Waals surface area contributed by atoms with Crippen LogP contribution in [0.25, 0.3) is 0 Å². The Morgan fingerprint density at radius 2 is 1.57 bits per heavy atom. The number of piperazine rings is 1. The monoisotopic (exact) mass is 698 g/mol. The second kappa shape index (κ2) is 17.7. The Morgan fingerprint density at radius 1 is 0.863 bits per heavy atom. The number of carbonyl (C=O) groups excluding carboxylic acids is 1. The van der Waals surface area contributed by atoms with Crippen molar-refractivity contribution in [3.8, 4) is 28.7 Å². The predicted octanol–water partition coefficient (Wildman–Crippen LogP) is 6.44. The molecule has 0 atom stereocenters. The van der Waals surface area contributed by atoms with Crippen molar-refractivity contribution in [1.29, 1.82) is 0 Å². The largest absolute Gasteiger partial charge is 0.497 e. The maximum atomic E-state index is 13.9. The fraction of sp³-hybridized carbons (Fsp3) is 0.410. The summed E-state index contributed by atoms with van der Waals surface area (Å²) in [6.07, 6.45) is 2.50. The Hall–Kier alpha value is -5.07. The quantitative estimate of drug-likeness (QED) is 0.139. The zero-order chi connectivity index (χ0) is 36.3. The zero-order valence-electron chi connectivity index (χ0n) is 30.8. The molecule has 0 bridgehead atoms. The fourth-order valence-corrected chi connectivity index (χ4v) is 6.14. The molecule has 12 nitrogen and oxygen atoms in total. The molecule has 1 amide bonds. The van der Waals surface area contributed by atoms with Gasteiger partial charge in [-0.1, -0.05) is 29.8 Å². The van der Waals surface area contributed by atoms with Crippen LogP contribution < -0.4 is 33.9 Å². The molecule has 2 heterocycles. The standard InChI is InChI=1S/C39H50N6O6/c1-27-23-28(2)36(29(3)24-27)51-39(46)45(17-14-30-9-11-32(47-5)12-10-30)35-13-15-40-38(42-35)41-31-25-33(48-6)37(49-7)34(26-31)50-22-8-16-44-20-18-43(4)19-21-44/h9-13,15,23-26H,8,14,16-22H2,1-7H3,(H,40,41,42). The number of anilines is 3. The molecule has 0 saturated carbocycles. The molecule has 0 radical (unpaired) electrons. The van der Waals surface area contributed by atoms with Gasteiger partial charge in [0.25, 0.3) is 0 Å². The molecule has 1 saturated heterocycles. The highest BCUT2D eigenvalue weighted by molar-refractivity contribution is 5.88. The summed E-state index contributed by atoms with van der Waals surface area (Å²) in [5.41, 5.74) is 4.53. The maximum Gasteiger partial charge on any atom is 0.420 e. The molecule has 0 aliphatic carbocycles. The molecule has 5 rings (SSSR count). The third kappa shape index (κ3) is 10.0. The third-order valence-electron chi connectivity index (χ3n) is 8.89. The number of hydrogen-bond donors (Lipinski definition) is 1. The first kappa shape index (κ1) is 37.2. The van der Waals surface area contributed by atoms with Gasteiger partial charge in [0.2, 0.25) is 11.7 Å². The second-order valence-electron chi connectivity index (χ2n) is 12.8. The fourth-order valence-electron chi connectivity index (χ4n) is 6.14. The van der Waals surface area contributed by atoms with Gasteiger partial charge in [-0.2, -0.15) is 4.98 Å². The molecule has 4 aromatic rings. The van der Waals surface area contributed by atoms with Gasteiger partial charge in [0.15, 0.2) is 11.5 Å². The minimum absolute atomic E-state index is 0.283. The van der Waals surface area contributed by atoms with E-state index in [4.69, 9.17) is 28.7 Å². The van der Waals surface area contributed by atoms with Crippen LogP contribution in [0.15, 0.2) is 60.8 Å². The van der Waals surface area contributed by atoms with E-state index in [2.05, 4.69) is 27.1 Å². The van der Waals surface area contributed by atoms with Gasteiger partial charge in [-0.25, -0.2) is 9.78 Å². The topological polar surface area (TPSA) is 111 Å². The Bertz CT molecular complexity index is 1740. The number of hydrogen-bond acceptors (Lipinski definition) is 11. The number of nitrogens with one attached hydrogen (secondary N) is 1. The number of likely N-dealkylation sites (N-methyl/N-ethyl adjacent to an activating group) is 1. The maximum absolute atomic E-state index is 13.9. The molecule has 1 fully saturated rings. The summed E-state index contributed by atoms with van der Waals surface area (Å²) in [4.78, 5) is 29.4. The van der Waals surface area contributed by atoms with Gasteiger partial charge >= 0.3 is 6.09 Å². The molecule has 1 aliphatic rings. The van der Waals surface area contributed by atoms with Crippen LogP contribution >= 0.6 is 0 Å². The number of carbonyl (C=O) groups is 1. The van der Waals surface area contributed by atoms with Crippen molar-refractivity contribution >= 4 is 23.5 Å². The Morgan fingerprint density at radius 3 is 2.24 bits per heavy atom. The van der Waals surface area contributed by atoms with E-state index in [1.54, 1.807) is 39.7 Å². The molecular weight excluding hydrogens is 648 g/mol. The van der Waals surface area contributed by atoms with Crippen LogP contribution in [-0.2, 0) is 6.42 Å². The molecule has 0 spiro atoms. The minimum Gasteiger partial charge on any atom is -0.497 e. The van der Waals surface area contributed by atoms with Crippen molar-refractivity contribution in [2.75, 3.05) is 84.5 Å². The molecule has 1 N–H and O–H groups in total. The van der Waals surface area contributed by atoms with Crippen molar-refractivity contribution in [3.05, 3.63) is 83.0 Å². The van der Waals surface area contributed by atoms with E-state index in [0.717, 1.165) is 67.1 Å². The lowest BCUT2D eigenvalue weighted by Gasteiger charge is -2.32. The average Bonchev–Trinajstić information content (AvgIpc) is 3.12. The van der Waals surface area contributed by atoms with Crippen molar-refractivity contribution in [2.24, 2.45) is 0 Å². The molecule has 1 aliphatic heterocycles. The number of methoxy groups -OCH3 is 3. The molecule has 272 valence electrons. The number of aromatic nitrogens is 2. The number of aryl methyl sites for hydroxylation is 3. The van der Waals surface area contributed by atoms with Crippen molar-refractivity contribution in [1.82, 2.24) is 19.8 Å². The van der Waals surface area contributed by atoms with E-state index in [1.807, 2.05) is 63.2 Å². The Labute approximate surface area is 301 Å². The van der Waals surface area contributed by atoms with Crippen molar-refractivity contribution in [3.63, 3.8) is 0 Å². The van der Waals surface area contributed by atoms with E-state index in [9.17, 15) is 4.79 Å². The lowest BCUT2D eigenvalue weighted by molar-refractivity contribution is 0.145. The van der Waals surface area contributed by atoms with Crippen molar-refractivity contribution < 1.29 is 28.5 Å². The lowest BCUT2D eigenvalue weighted by atomic mass is 10.1. The number of amides is 1. The summed E-state index contributed by atoms with van der Waals surface area (Å²) in [7, 11) is 6.97. The van der Waals surface area contributed by atoms with Crippen LogP contribution in [0.2, 0.25) is 0 Å². The van der Waals surface area contributed by atoms with Crippen LogP contribution in [0.3, 0.4) is 0 Å². The van der Waals surface area contributed by atoms with Crippen molar-refractivity contribution in [2.45, 2.75) is 33.6 Å². The molecule has 0 unspecified atom stereocenters. The van der Waals surface area contributed by atoms with Gasteiger partial charge in [-0.3, -0.25) is 4.90 Å². The van der Waals surface area contributed by atoms with E-state index in [-0.39, 0.29) is 5.95 Å². The Balaban J connectivity index is 1.35. The smallest absolute Gasteiger partial charge is 0.420 e. The highest BCUT2D eigenvalue weighted by Gasteiger charge is 2.23. The first-order valence-electron chi connectivity index (χ1n) is 17.3. The molecule has 3 aromatic carbocycles. The van der Waals surface area contributed by atoms with Gasteiger partial charge in [-0.15, -0.1) is 0 Å². The van der Waals surface area contributed by atoms with Gasteiger partial charge in [-0.05, 0) is 75.5 Å². The number of benzene rings is 3. The van der Waals surface area contributed by atoms with E-state index in [0.29, 0.717) is 54.1 Å². The SMILES string of the molecule is COc1ccc(CCN(C(=O)Oc2c(C)cc(C)cc2C)c2ccnc(Nc3cc(OC)c(OC)c(OCCCN4CCN(C)CC4)c3)n2)cc1. The summed E-state index contributed by atoms with van der Waals surface area (Å²) in [6, 6.07) is 17.1. The average molecular weight is 699 g/mol. The van der Waals surface area contributed by atoms with E-state index < -0.39 is 6.09 Å². The molecule has 51 heavy (non-hydrogen) atoms. The molecular formula is C39H50N6O6. The van der Waals surface area contributed by atoms with Gasteiger partial charge in [0.05, 0.1) is 27.9 Å². The summed E-state index contributed by atoms with van der Waals surface area (Å²) < 4.78 is 28.9. The van der Waals surface area contributed by atoms with Crippen LogP contribution in [0.5, 0.6) is 28.7 Å². The lowest BCUT2D eigenvalue weighted by Crippen LogP contribution is -2.44. The zero-order valence-corrected chi connectivity index (χ0v) is 30.8. The van der Waals surface area contributed by atoms with Crippen LogP contribution in [0.4, 0.5) is 22.2 Å². The summed E-state index contributed by atoms with van der Waals surface area (Å²) in [5, 5.41) is 3.27. The first-order chi connectivity index (χ1) is 24.7.